The smallest absolute Gasteiger partial charge is 0.228 e. The van der Waals surface area contributed by atoms with Gasteiger partial charge in [0.15, 0.2) is 5.11 Å². The van der Waals surface area contributed by atoms with Gasteiger partial charge in [0.25, 0.3) is 0 Å². The third kappa shape index (κ3) is 6.47. The Morgan fingerprint density at radius 2 is 1.57 bits per heavy atom. The van der Waals surface area contributed by atoms with E-state index >= 15 is 0 Å². The van der Waals surface area contributed by atoms with Crippen molar-refractivity contribution in [3.63, 3.8) is 0 Å². The van der Waals surface area contributed by atoms with Gasteiger partial charge in [-0.1, -0.05) is 102 Å². The zero-order valence-corrected chi connectivity index (χ0v) is 19.0. The molecule has 0 saturated heterocycles. The number of anilines is 1. The maximum atomic E-state index is 12.4. The fraction of sp³-hybridized carbons (Fsp3) is 0.182. The van der Waals surface area contributed by atoms with Gasteiger partial charge in [0, 0.05) is 17.5 Å². The summed E-state index contributed by atoms with van der Waals surface area (Å²) < 4.78 is -1.80. The number of hydrogen-bond acceptors (Lipinski definition) is 2. The van der Waals surface area contributed by atoms with Crippen LogP contribution in [0.3, 0.4) is 0 Å². The predicted octanol–water partition coefficient (Wildman–Crippen LogP) is 5.57. The van der Waals surface area contributed by atoms with E-state index in [1.807, 2.05) is 72.8 Å². The Morgan fingerprint density at radius 1 is 0.900 bits per heavy atom. The number of benzene rings is 3. The number of nitrogens with one attached hydrogen (secondary N) is 3. The van der Waals surface area contributed by atoms with E-state index in [-0.39, 0.29) is 17.4 Å². The SMILES string of the molecule is O=C(CCc1ccccc1)NC(NC(=S)Nc1cccc2ccccc12)C(Cl)(Cl)Cl. The average Bonchev–Trinajstić information content (AvgIpc) is 2.72. The van der Waals surface area contributed by atoms with Crippen LogP contribution in [0.15, 0.2) is 72.8 Å². The normalized spacial score (nSPS) is 12.2. The predicted molar refractivity (Wildman–Crippen MR) is 130 cm³/mol. The minimum absolute atomic E-state index is 0.228. The number of rotatable bonds is 6. The molecule has 0 saturated carbocycles. The highest BCUT2D eigenvalue weighted by Gasteiger charge is 2.34. The van der Waals surface area contributed by atoms with E-state index in [9.17, 15) is 4.79 Å². The second-order valence-corrected chi connectivity index (χ2v) is 9.43. The lowest BCUT2D eigenvalue weighted by atomic mass is 10.1. The molecule has 4 nitrogen and oxygen atoms in total. The maximum absolute atomic E-state index is 12.4. The van der Waals surface area contributed by atoms with Crippen molar-refractivity contribution in [2.24, 2.45) is 0 Å². The number of aryl methyl sites for hydroxylation is 1. The summed E-state index contributed by atoms with van der Waals surface area (Å²) in [5, 5.41) is 11.0. The third-order valence-electron chi connectivity index (χ3n) is 4.43. The molecule has 1 atom stereocenters. The van der Waals surface area contributed by atoms with E-state index < -0.39 is 9.96 Å². The fourth-order valence-electron chi connectivity index (χ4n) is 2.96. The molecular weight excluding hydrogens is 461 g/mol. The van der Waals surface area contributed by atoms with Crippen LogP contribution in [0.5, 0.6) is 0 Å². The first kappa shape index (κ1) is 22.6. The van der Waals surface area contributed by atoms with E-state index in [2.05, 4.69) is 16.0 Å². The summed E-state index contributed by atoms with van der Waals surface area (Å²) in [5.41, 5.74) is 1.86. The highest BCUT2D eigenvalue weighted by atomic mass is 35.6. The van der Waals surface area contributed by atoms with Crippen LogP contribution in [-0.2, 0) is 11.2 Å². The summed E-state index contributed by atoms with van der Waals surface area (Å²) in [6.45, 7) is 0. The van der Waals surface area contributed by atoms with Gasteiger partial charge in [-0.15, -0.1) is 0 Å². The van der Waals surface area contributed by atoms with Crippen molar-refractivity contribution in [3.05, 3.63) is 78.4 Å². The van der Waals surface area contributed by atoms with Crippen molar-refractivity contribution in [2.75, 3.05) is 5.32 Å². The number of fused-ring (bicyclic) bond motifs is 1. The fourth-order valence-corrected chi connectivity index (χ4v) is 3.51. The molecule has 1 unspecified atom stereocenters. The van der Waals surface area contributed by atoms with Gasteiger partial charge in [0.05, 0.1) is 0 Å². The van der Waals surface area contributed by atoms with Crippen LogP contribution in [-0.4, -0.2) is 21.0 Å². The van der Waals surface area contributed by atoms with Crippen LogP contribution in [0.4, 0.5) is 5.69 Å². The van der Waals surface area contributed by atoms with Crippen molar-refractivity contribution in [2.45, 2.75) is 22.8 Å². The Labute approximate surface area is 195 Å². The first-order chi connectivity index (χ1) is 14.3. The van der Waals surface area contributed by atoms with E-state index in [1.54, 1.807) is 0 Å². The minimum atomic E-state index is -1.80. The molecule has 3 aromatic rings. The molecule has 0 aliphatic heterocycles. The van der Waals surface area contributed by atoms with Crippen LogP contribution in [0.1, 0.15) is 12.0 Å². The molecule has 3 rings (SSSR count). The molecule has 0 aromatic heterocycles. The zero-order valence-electron chi connectivity index (χ0n) is 15.9. The number of carbonyl (C=O) groups is 1. The van der Waals surface area contributed by atoms with E-state index in [1.165, 1.54) is 0 Å². The van der Waals surface area contributed by atoms with E-state index in [0.29, 0.717) is 6.42 Å². The summed E-state index contributed by atoms with van der Waals surface area (Å²) in [7, 11) is 0. The molecule has 0 bridgehead atoms. The summed E-state index contributed by atoms with van der Waals surface area (Å²) in [5.74, 6) is -0.254. The maximum Gasteiger partial charge on any atom is 0.228 e. The molecule has 8 heteroatoms. The van der Waals surface area contributed by atoms with Gasteiger partial charge in [0.1, 0.15) is 6.17 Å². The van der Waals surface area contributed by atoms with Gasteiger partial charge in [-0.25, -0.2) is 0 Å². The molecule has 0 spiro atoms. The van der Waals surface area contributed by atoms with Crippen molar-refractivity contribution in [3.8, 4) is 0 Å². The quantitative estimate of drug-likeness (QED) is 0.245. The second kappa shape index (κ2) is 10.3. The summed E-state index contributed by atoms with van der Waals surface area (Å²) in [4.78, 5) is 12.4. The van der Waals surface area contributed by atoms with Gasteiger partial charge in [-0.3, -0.25) is 4.79 Å². The molecule has 30 heavy (non-hydrogen) atoms. The monoisotopic (exact) mass is 479 g/mol. The number of alkyl halides is 3. The van der Waals surface area contributed by atoms with Crippen LogP contribution in [0.25, 0.3) is 10.8 Å². The largest absolute Gasteiger partial charge is 0.339 e. The average molecular weight is 481 g/mol. The Kier molecular flexibility index (Phi) is 7.78. The number of carbonyl (C=O) groups excluding carboxylic acids is 1. The Hall–Kier alpha value is -2.05. The zero-order chi connectivity index (χ0) is 21.6. The van der Waals surface area contributed by atoms with Crippen LogP contribution < -0.4 is 16.0 Å². The van der Waals surface area contributed by atoms with E-state index in [0.717, 1.165) is 22.0 Å². The topological polar surface area (TPSA) is 53.2 Å². The van der Waals surface area contributed by atoms with Gasteiger partial charge in [-0.2, -0.15) is 0 Å². The summed E-state index contributed by atoms with van der Waals surface area (Å²) in [6, 6.07) is 23.4. The standard InChI is InChI=1S/C22H20Cl3N3OS/c23-22(24,25)20(27-19(29)14-13-15-7-2-1-3-8-15)28-21(30)26-18-12-6-10-16-9-4-5-11-17(16)18/h1-12,20H,13-14H2,(H,27,29)(H2,26,28,30). The molecule has 1 amide bonds. The Balaban J connectivity index is 1.62. The van der Waals surface area contributed by atoms with Gasteiger partial charge in [-0.05, 0) is 35.7 Å². The van der Waals surface area contributed by atoms with Crippen molar-refractivity contribution < 1.29 is 4.79 Å². The summed E-state index contributed by atoms with van der Waals surface area (Å²) in [6.07, 6.45) is -0.162. The number of hydrogen-bond donors (Lipinski definition) is 3. The van der Waals surface area contributed by atoms with E-state index in [4.69, 9.17) is 47.0 Å². The first-order valence-electron chi connectivity index (χ1n) is 9.28. The number of amides is 1. The molecule has 156 valence electrons. The molecule has 0 fully saturated rings. The molecule has 0 radical (unpaired) electrons. The van der Waals surface area contributed by atoms with Gasteiger partial charge in [0.2, 0.25) is 9.70 Å². The number of halogens is 3. The lowest BCUT2D eigenvalue weighted by molar-refractivity contribution is -0.121. The van der Waals surface area contributed by atoms with Crippen LogP contribution in [0, 0.1) is 0 Å². The Morgan fingerprint density at radius 3 is 2.30 bits per heavy atom. The summed E-state index contributed by atoms with van der Waals surface area (Å²) >= 11 is 23.6. The lowest BCUT2D eigenvalue weighted by Crippen LogP contribution is -2.56. The lowest BCUT2D eigenvalue weighted by Gasteiger charge is -2.28. The number of thiocarbonyl (C=S) groups is 1. The molecule has 3 N–H and O–H groups in total. The minimum Gasteiger partial charge on any atom is -0.339 e. The third-order valence-corrected chi connectivity index (χ3v) is 5.30. The second-order valence-electron chi connectivity index (χ2n) is 6.65. The van der Waals surface area contributed by atoms with Crippen LogP contribution in [0.2, 0.25) is 0 Å². The molecule has 0 aliphatic rings. The highest BCUT2D eigenvalue weighted by molar-refractivity contribution is 7.80. The van der Waals surface area contributed by atoms with Crippen molar-refractivity contribution in [1.29, 1.82) is 0 Å². The molecule has 3 aromatic carbocycles. The molecular formula is C22H20Cl3N3OS. The van der Waals surface area contributed by atoms with Gasteiger partial charge < -0.3 is 16.0 Å². The van der Waals surface area contributed by atoms with Crippen molar-refractivity contribution in [1.82, 2.24) is 10.6 Å². The molecule has 0 heterocycles. The van der Waals surface area contributed by atoms with Crippen molar-refractivity contribution >= 4 is 74.5 Å². The van der Waals surface area contributed by atoms with Gasteiger partial charge >= 0.3 is 0 Å². The first-order valence-corrected chi connectivity index (χ1v) is 10.8. The Bertz CT molecular complexity index is 1020. The molecule has 0 aliphatic carbocycles. The van der Waals surface area contributed by atoms with Crippen LogP contribution >= 0.6 is 47.0 Å². The highest BCUT2D eigenvalue weighted by Crippen LogP contribution is 2.29.